The maximum absolute atomic E-state index is 14.2. The standard InChI is InChI=1S/C25H19BF2N2/c27-26(28)30-21(14-19-12-10-17-6-2-4-8-23(17)25(19)30)15-20-13-18-11-9-16-5-1-3-7-22(16)24(18)29-20/h1-8,13-15H,9-12H2/b20-15-. The van der Waals surface area contributed by atoms with Crippen molar-refractivity contribution in [2.45, 2.75) is 25.7 Å². The summed E-state index contributed by atoms with van der Waals surface area (Å²) in [6.45, 7) is 0. The van der Waals surface area contributed by atoms with E-state index in [9.17, 15) is 8.63 Å². The zero-order valence-corrected chi connectivity index (χ0v) is 16.4. The second kappa shape index (κ2) is 6.66. The summed E-state index contributed by atoms with van der Waals surface area (Å²) in [6, 6.07) is 18.1. The van der Waals surface area contributed by atoms with Gasteiger partial charge >= 0.3 is 7.40 Å². The topological polar surface area (TPSA) is 17.3 Å². The lowest BCUT2D eigenvalue weighted by Crippen LogP contribution is -2.18. The number of aromatic nitrogens is 1. The molecule has 3 aromatic rings. The van der Waals surface area contributed by atoms with Gasteiger partial charge in [-0.05, 0) is 66.2 Å². The minimum absolute atomic E-state index is 0.523. The van der Waals surface area contributed by atoms with E-state index in [2.05, 4.69) is 24.3 Å². The van der Waals surface area contributed by atoms with Gasteiger partial charge in [-0.25, -0.2) is 4.99 Å². The number of rotatable bonds is 2. The highest BCUT2D eigenvalue weighted by Crippen LogP contribution is 2.38. The molecule has 146 valence electrons. The van der Waals surface area contributed by atoms with Crippen LogP contribution >= 0.6 is 0 Å². The summed E-state index contributed by atoms with van der Waals surface area (Å²) in [7, 11) is -2.60. The molecule has 0 bridgehead atoms. The van der Waals surface area contributed by atoms with Crippen LogP contribution in [0.25, 0.3) is 17.3 Å². The van der Waals surface area contributed by atoms with Gasteiger partial charge in [0, 0.05) is 22.5 Å². The van der Waals surface area contributed by atoms with Crippen LogP contribution in [0.4, 0.5) is 8.63 Å². The highest BCUT2D eigenvalue weighted by Gasteiger charge is 2.30. The quantitative estimate of drug-likeness (QED) is 0.492. The molecule has 0 atom stereocenters. The lowest BCUT2D eigenvalue weighted by molar-refractivity contribution is 0.629. The molecule has 1 aromatic heterocycles. The molecule has 3 aliphatic rings. The van der Waals surface area contributed by atoms with E-state index in [1.54, 1.807) is 0 Å². The fourth-order valence-corrected chi connectivity index (χ4v) is 5.02. The predicted octanol–water partition coefficient (Wildman–Crippen LogP) is 5.74. The van der Waals surface area contributed by atoms with Crippen LogP contribution in [0.15, 0.2) is 76.9 Å². The van der Waals surface area contributed by atoms with Gasteiger partial charge in [0.2, 0.25) is 0 Å². The number of halogens is 2. The first-order valence-corrected chi connectivity index (χ1v) is 10.4. The molecule has 0 radical (unpaired) electrons. The number of hydrogen-bond donors (Lipinski definition) is 0. The number of fused-ring (bicyclic) bond motifs is 6. The number of hydrogen-bond acceptors (Lipinski definition) is 1. The van der Waals surface area contributed by atoms with Gasteiger partial charge in [-0.1, -0.05) is 48.5 Å². The molecule has 6 rings (SSSR count). The monoisotopic (exact) mass is 396 g/mol. The van der Waals surface area contributed by atoms with E-state index in [0.717, 1.165) is 59.3 Å². The van der Waals surface area contributed by atoms with Gasteiger partial charge in [0.1, 0.15) is 0 Å². The minimum Gasteiger partial charge on any atom is -0.325 e. The average molecular weight is 396 g/mol. The van der Waals surface area contributed by atoms with Crippen molar-refractivity contribution >= 4 is 19.2 Å². The first-order chi connectivity index (χ1) is 14.7. The first-order valence-electron chi connectivity index (χ1n) is 10.4. The fourth-order valence-electron chi connectivity index (χ4n) is 5.02. The molecule has 2 aliphatic carbocycles. The van der Waals surface area contributed by atoms with Crippen molar-refractivity contribution in [3.63, 3.8) is 0 Å². The van der Waals surface area contributed by atoms with Crippen molar-refractivity contribution in [3.05, 3.63) is 99.9 Å². The Morgan fingerprint density at radius 3 is 2.30 bits per heavy atom. The lowest BCUT2D eigenvalue weighted by Gasteiger charge is -2.19. The molecule has 0 amide bonds. The van der Waals surface area contributed by atoms with Gasteiger partial charge in [-0.15, -0.1) is 0 Å². The molecule has 2 nitrogen and oxygen atoms in total. The Kier molecular flexibility index (Phi) is 3.92. The molecule has 2 aromatic carbocycles. The number of nitrogens with zero attached hydrogens (tertiary/aromatic N) is 2. The van der Waals surface area contributed by atoms with Gasteiger partial charge in [0.15, 0.2) is 0 Å². The lowest BCUT2D eigenvalue weighted by atomic mass is 9.87. The summed E-state index contributed by atoms with van der Waals surface area (Å²) >= 11 is 0. The smallest absolute Gasteiger partial charge is 0.325 e. The largest absolute Gasteiger partial charge is 0.678 e. The Bertz CT molecular complexity index is 1280. The van der Waals surface area contributed by atoms with Gasteiger partial charge < -0.3 is 4.48 Å². The zero-order chi connectivity index (χ0) is 20.2. The molecule has 0 unspecified atom stereocenters. The molecule has 0 spiro atoms. The van der Waals surface area contributed by atoms with Gasteiger partial charge in [0.05, 0.1) is 11.4 Å². The van der Waals surface area contributed by atoms with Crippen LogP contribution in [-0.2, 0) is 19.3 Å². The van der Waals surface area contributed by atoms with Crippen molar-refractivity contribution in [1.29, 1.82) is 0 Å². The van der Waals surface area contributed by atoms with Crippen LogP contribution in [0.3, 0.4) is 0 Å². The fraction of sp³-hybridized carbons (Fsp3) is 0.160. The summed E-state index contributed by atoms with van der Waals surface area (Å²) in [5.74, 6) is 0. The number of benzene rings is 2. The number of aliphatic imine (C=N–C) groups is 1. The second-order valence-electron chi connectivity index (χ2n) is 8.10. The minimum atomic E-state index is -2.60. The van der Waals surface area contributed by atoms with E-state index >= 15 is 0 Å². The Balaban J connectivity index is 1.48. The Hall–Kier alpha value is -3.21. The maximum atomic E-state index is 14.2. The summed E-state index contributed by atoms with van der Waals surface area (Å²) in [5.41, 5.74) is 9.63. The molecule has 2 heterocycles. The highest BCUT2D eigenvalue weighted by atomic mass is 19.2. The Morgan fingerprint density at radius 2 is 1.50 bits per heavy atom. The molecule has 5 heteroatoms. The third-order valence-corrected chi connectivity index (χ3v) is 6.38. The van der Waals surface area contributed by atoms with E-state index < -0.39 is 7.40 Å². The highest BCUT2D eigenvalue weighted by molar-refractivity contribution is 6.42. The molecule has 30 heavy (non-hydrogen) atoms. The van der Waals surface area contributed by atoms with Gasteiger partial charge in [0.25, 0.3) is 0 Å². The zero-order valence-electron chi connectivity index (χ0n) is 16.4. The first kappa shape index (κ1) is 17.6. The van der Waals surface area contributed by atoms with Crippen LogP contribution in [0.2, 0.25) is 0 Å². The molecule has 0 saturated carbocycles. The van der Waals surface area contributed by atoms with E-state index in [-0.39, 0.29) is 0 Å². The maximum Gasteiger partial charge on any atom is 0.678 e. The van der Waals surface area contributed by atoms with Crippen molar-refractivity contribution in [2.75, 3.05) is 0 Å². The van der Waals surface area contributed by atoms with Crippen molar-refractivity contribution < 1.29 is 8.63 Å². The van der Waals surface area contributed by atoms with Crippen molar-refractivity contribution in [3.8, 4) is 11.3 Å². The summed E-state index contributed by atoms with van der Waals surface area (Å²) in [5, 5.41) is 0. The second-order valence-corrected chi connectivity index (χ2v) is 8.10. The summed E-state index contributed by atoms with van der Waals surface area (Å²) in [6.07, 6.45) is 7.47. The van der Waals surface area contributed by atoms with Gasteiger partial charge in [-0.2, -0.15) is 0 Å². The number of aryl methyl sites for hydroxylation is 3. The Labute approximate surface area is 174 Å². The summed E-state index contributed by atoms with van der Waals surface area (Å²) < 4.78 is 29.6. The molecule has 0 N–H and O–H groups in total. The number of allylic oxidation sites excluding steroid dienone is 2. The molecular weight excluding hydrogens is 377 g/mol. The van der Waals surface area contributed by atoms with Crippen LogP contribution < -0.4 is 0 Å². The molecule has 0 fully saturated rings. The normalized spacial score (nSPS) is 17.6. The summed E-state index contributed by atoms with van der Waals surface area (Å²) in [4.78, 5) is 4.82. The third-order valence-electron chi connectivity index (χ3n) is 6.38. The third kappa shape index (κ3) is 2.65. The SMILES string of the molecule is FB(F)n1c(/C=C2/C=C3CCc4ccccc4C3=N2)cc2c1-c1ccccc1CC2. The molecular formula is C25H19BF2N2. The average Bonchev–Trinajstić information content (AvgIpc) is 3.34. The van der Waals surface area contributed by atoms with Gasteiger partial charge in [-0.3, -0.25) is 8.63 Å². The Morgan fingerprint density at radius 1 is 0.833 bits per heavy atom. The van der Waals surface area contributed by atoms with Crippen molar-refractivity contribution in [2.24, 2.45) is 4.99 Å². The predicted molar refractivity (Wildman–Crippen MR) is 118 cm³/mol. The van der Waals surface area contributed by atoms with Crippen LogP contribution in [0.5, 0.6) is 0 Å². The van der Waals surface area contributed by atoms with Crippen molar-refractivity contribution in [1.82, 2.24) is 4.48 Å². The van der Waals surface area contributed by atoms with Crippen LogP contribution in [0, 0.1) is 0 Å². The van der Waals surface area contributed by atoms with Crippen LogP contribution in [-0.4, -0.2) is 17.6 Å². The van der Waals surface area contributed by atoms with E-state index in [0.29, 0.717) is 11.4 Å². The van der Waals surface area contributed by atoms with E-state index in [4.69, 9.17) is 4.99 Å². The van der Waals surface area contributed by atoms with Crippen LogP contribution in [0.1, 0.15) is 34.4 Å². The van der Waals surface area contributed by atoms with E-state index in [1.165, 1.54) is 15.6 Å². The van der Waals surface area contributed by atoms with E-state index in [1.807, 2.05) is 42.5 Å². The molecule has 0 saturated heterocycles. The molecule has 1 aliphatic heterocycles.